The molecule has 0 aliphatic carbocycles. The van der Waals surface area contributed by atoms with Gasteiger partial charge in [0.05, 0.1) is 0 Å². The average molecular weight is 274 g/mol. The molecule has 0 spiro atoms. The second-order valence-electron chi connectivity index (χ2n) is 0.289. The molecule has 54 valence electrons. The minimum atomic E-state index is -0.500. The summed E-state index contributed by atoms with van der Waals surface area (Å²) in [6.07, 6.45) is 0. The van der Waals surface area contributed by atoms with Crippen LogP contribution in [0.25, 0.3) is 0 Å². The van der Waals surface area contributed by atoms with Gasteiger partial charge in [0, 0.05) is 19.4 Å². The quantitative estimate of drug-likeness (QED) is 0.408. The van der Waals surface area contributed by atoms with E-state index in [1.165, 1.54) is 0 Å². The molecule has 0 aliphatic rings. The molecular formula is C3H3LaO6. The van der Waals surface area contributed by atoms with Gasteiger partial charge in [-0.3, -0.25) is 0 Å². The van der Waals surface area contributed by atoms with Crippen LogP contribution in [0.3, 0.4) is 0 Å². The van der Waals surface area contributed by atoms with Crippen LogP contribution in [0.2, 0.25) is 0 Å². The number of carbonyl (C=O) groups is 3. The third-order valence-corrected chi connectivity index (χ3v) is 0. The standard InChI is InChI=1S/3CH2O2.La/c3*2-1-3;/h3*1H,(H,2,3);/q;;;+3/p-3. The van der Waals surface area contributed by atoms with Gasteiger partial charge in [0.15, 0.2) is 0 Å². The molecule has 0 aromatic rings. The van der Waals surface area contributed by atoms with Crippen molar-refractivity contribution in [2.24, 2.45) is 0 Å². The van der Waals surface area contributed by atoms with Crippen molar-refractivity contribution in [3.05, 3.63) is 0 Å². The van der Waals surface area contributed by atoms with Crippen LogP contribution in [0.15, 0.2) is 0 Å². The van der Waals surface area contributed by atoms with Crippen molar-refractivity contribution in [1.82, 2.24) is 0 Å². The molecule has 0 heterocycles. The fourth-order valence-electron chi connectivity index (χ4n) is 0. The molecule has 0 radical (unpaired) electrons. The van der Waals surface area contributed by atoms with Crippen molar-refractivity contribution in [2.75, 3.05) is 0 Å². The van der Waals surface area contributed by atoms with Gasteiger partial charge in [-0.15, -0.1) is 0 Å². The number of carboxylic acid groups (broad SMARTS) is 3. The van der Waals surface area contributed by atoms with Gasteiger partial charge in [-0.25, -0.2) is 0 Å². The summed E-state index contributed by atoms with van der Waals surface area (Å²) < 4.78 is 0. The Bertz CT molecular complexity index is 49.7. The number of rotatable bonds is 0. The third-order valence-electron chi connectivity index (χ3n) is 0. The fourth-order valence-corrected chi connectivity index (χ4v) is 0. The molecule has 0 aromatic heterocycles. The first kappa shape index (κ1) is 22.6. The van der Waals surface area contributed by atoms with Crippen LogP contribution in [0, 0.1) is 35.6 Å². The Morgan fingerprint density at radius 1 is 0.700 bits per heavy atom. The first-order chi connectivity index (χ1) is 4.24. The normalized spacial score (nSPS) is 3.60. The van der Waals surface area contributed by atoms with E-state index >= 15 is 0 Å². The smallest absolute Gasteiger partial charge is 0.554 e. The van der Waals surface area contributed by atoms with E-state index in [9.17, 15) is 0 Å². The summed E-state index contributed by atoms with van der Waals surface area (Å²) in [7, 11) is 0. The van der Waals surface area contributed by atoms with Crippen molar-refractivity contribution in [3.8, 4) is 0 Å². The van der Waals surface area contributed by atoms with Gasteiger partial charge < -0.3 is 29.7 Å². The molecule has 0 N–H and O–H groups in total. The number of hydrogen-bond acceptors (Lipinski definition) is 6. The van der Waals surface area contributed by atoms with Crippen LogP contribution >= 0.6 is 0 Å². The van der Waals surface area contributed by atoms with E-state index in [4.69, 9.17) is 29.7 Å². The van der Waals surface area contributed by atoms with E-state index in [0.29, 0.717) is 0 Å². The molecule has 0 bridgehead atoms. The Hall–Kier alpha value is -0.395. The Kier molecular flexibility index (Phi) is 166. The summed E-state index contributed by atoms with van der Waals surface area (Å²) in [6, 6.07) is 0. The minimum absolute atomic E-state index is 0. The minimum Gasteiger partial charge on any atom is -0.554 e. The van der Waals surface area contributed by atoms with E-state index in [0.717, 1.165) is 0 Å². The molecule has 0 atom stereocenters. The van der Waals surface area contributed by atoms with Gasteiger partial charge >= 0.3 is 35.6 Å². The van der Waals surface area contributed by atoms with E-state index < -0.39 is 19.4 Å². The summed E-state index contributed by atoms with van der Waals surface area (Å²) in [5.41, 5.74) is 0. The van der Waals surface area contributed by atoms with Crippen LogP contribution in [0.1, 0.15) is 0 Å². The van der Waals surface area contributed by atoms with E-state index in [2.05, 4.69) is 0 Å². The monoisotopic (exact) mass is 274 g/mol. The predicted molar refractivity (Wildman–Crippen MR) is 18.2 cm³/mol. The topological polar surface area (TPSA) is 120 Å². The van der Waals surface area contributed by atoms with Crippen molar-refractivity contribution >= 4 is 19.4 Å². The molecular weight excluding hydrogens is 271 g/mol. The van der Waals surface area contributed by atoms with Crippen LogP contribution < -0.4 is 15.3 Å². The predicted octanol–water partition coefficient (Wildman–Crippen LogP) is -4.90. The van der Waals surface area contributed by atoms with Crippen molar-refractivity contribution in [3.63, 3.8) is 0 Å². The first-order valence-corrected chi connectivity index (χ1v) is 1.41. The molecule has 0 aromatic carbocycles. The summed E-state index contributed by atoms with van der Waals surface area (Å²) in [4.78, 5) is 24.8. The molecule has 0 fully saturated rings. The van der Waals surface area contributed by atoms with Crippen molar-refractivity contribution < 1.29 is 65.3 Å². The molecule has 0 unspecified atom stereocenters. The second kappa shape index (κ2) is 73.3. The Labute approximate surface area is 84.5 Å². The fraction of sp³-hybridized carbons (Fsp3) is 0. The van der Waals surface area contributed by atoms with E-state index in [-0.39, 0.29) is 35.6 Å². The second-order valence-corrected chi connectivity index (χ2v) is 0.289. The summed E-state index contributed by atoms with van der Waals surface area (Å²) >= 11 is 0. The molecule has 0 amide bonds. The Balaban J connectivity index is -0.0000000257. The van der Waals surface area contributed by atoms with Gasteiger partial charge in [0.25, 0.3) is 0 Å². The molecule has 10 heavy (non-hydrogen) atoms. The largest absolute Gasteiger partial charge is 3.00 e. The maximum absolute atomic E-state index is 8.25. The number of carbonyl (C=O) groups excluding carboxylic acids is 3. The SMILES string of the molecule is O=C[O-].O=C[O-].O=C[O-].[La+3]. The molecule has 7 heteroatoms. The summed E-state index contributed by atoms with van der Waals surface area (Å²) in [5.74, 6) is 0. The van der Waals surface area contributed by atoms with Crippen LogP contribution in [0.4, 0.5) is 0 Å². The van der Waals surface area contributed by atoms with Gasteiger partial charge in [0.2, 0.25) is 0 Å². The maximum atomic E-state index is 8.25. The number of hydrogen-bond donors (Lipinski definition) is 0. The van der Waals surface area contributed by atoms with E-state index in [1.807, 2.05) is 0 Å². The molecule has 0 aliphatic heterocycles. The molecule has 6 nitrogen and oxygen atoms in total. The molecule has 0 saturated carbocycles. The van der Waals surface area contributed by atoms with Crippen molar-refractivity contribution in [1.29, 1.82) is 0 Å². The first-order valence-electron chi connectivity index (χ1n) is 1.41. The molecule has 0 saturated heterocycles. The van der Waals surface area contributed by atoms with Gasteiger partial charge in [0.1, 0.15) is 0 Å². The van der Waals surface area contributed by atoms with Gasteiger partial charge in [-0.1, -0.05) is 0 Å². The van der Waals surface area contributed by atoms with E-state index in [1.54, 1.807) is 0 Å². The average Bonchev–Trinajstić information content (AvgIpc) is 1.70. The van der Waals surface area contributed by atoms with Crippen LogP contribution in [-0.2, 0) is 14.4 Å². The maximum Gasteiger partial charge on any atom is 3.00 e. The zero-order valence-corrected chi connectivity index (χ0v) is 8.38. The summed E-state index contributed by atoms with van der Waals surface area (Å²) in [5, 5.41) is 24.8. The zero-order valence-electron chi connectivity index (χ0n) is 4.76. The zero-order chi connectivity index (χ0) is 8.12. The Morgan fingerprint density at radius 3 is 0.700 bits per heavy atom. The van der Waals surface area contributed by atoms with Crippen LogP contribution in [0.5, 0.6) is 0 Å². The van der Waals surface area contributed by atoms with Gasteiger partial charge in [-0.05, 0) is 0 Å². The summed E-state index contributed by atoms with van der Waals surface area (Å²) in [6.45, 7) is -1.50. The third kappa shape index (κ3) is 2120. The van der Waals surface area contributed by atoms with Crippen LogP contribution in [-0.4, -0.2) is 19.4 Å². The molecule has 0 rings (SSSR count). The van der Waals surface area contributed by atoms with Gasteiger partial charge in [-0.2, -0.15) is 0 Å². The Morgan fingerprint density at radius 2 is 0.700 bits per heavy atom. The van der Waals surface area contributed by atoms with Crippen molar-refractivity contribution in [2.45, 2.75) is 0 Å².